The van der Waals surface area contributed by atoms with E-state index in [0.29, 0.717) is 31.1 Å². The summed E-state index contributed by atoms with van der Waals surface area (Å²) in [5, 5.41) is 9.68. The summed E-state index contributed by atoms with van der Waals surface area (Å²) in [6.07, 6.45) is 4.73. The van der Waals surface area contributed by atoms with Crippen molar-refractivity contribution in [3.05, 3.63) is 42.7 Å². The molecule has 2 aromatic rings. The second-order valence-corrected chi connectivity index (χ2v) is 9.40. The van der Waals surface area contributed by atoms with Gasteiger partial charge in [0.05, 0.1) is 17.5 Å². The zero-order chi connectivity index (χ0) is 20.3. The fourth-order valence-corrected chi connectivity index (χ4v) is 5.50. The van der Waals surface area contributed by atoms with Crippen LogP contribution in [0.5, 0.6) is 0 Å². The quantitative estimate of drug-likeness (QED) is 0.785. The average Bonchev–Trinajstić information content (AvgIpc) is 2.80. The van der Waals surface area contributed by atoms with E-state index in [-0.39, 0.29) is 12.6 Å². The molecule has 9 heteroatoms. The van der Waals surface area contributed by atoms with Crippen LogP contribution in [0.2, 0.25) is 0 Å². The summed E-state index contributed by atoms with van der Waals surface area (Å²) >= 11 is 0. The van der Waals surface area contributed by atoms with E-state index < -0.39 is 10.0 Å². The number of aromatic nitrogens is 2. The molecule has 0 spiro atoms. The van der Waals surface area contributed by atoms with Gasteiger partial charge in [-0.2, -0.15) is 4.31 Å². The maximum absolute atomic E-state index is 12.8. The minimum atomic E-state index is -3.47. The minimum absolute atomic E-state index is 0.0966. The van der Waals surface area contributed by atoms with Gasteiger partial charge in [-0.3, -0.25) is 0 Å². The van der Waals surface area contributed by atoms with E-state index >= 15 is 0 Å². The lowest BCUT2D eigenvalue weighted by Crippen LogP contribution is -2.49. The Bertz CT molecular complexity index is 917. The molecule has 29 heavy (non-hydrogen) atoms. The lowest BCUT2D eigenvalue weighted by molar-refractivity contribution is 0.239. The summed E-state index contributed by atoms with van der Waals surface area (Å²) in [5.74, 6) is 1.63. The average molecular weight is 418 g/mol. The Morgan fingerprint density at radius 3 is 2.41 bits per heavy atom. The number of rotatable bonds is 5. The van der Waals surface area contributed by atoms with Crippen molar-refractivity contribution in [1.29, 1.82) is 0 Å². The smallest absolute Gasteiger partial charge is 0.243 e. The normalized spacial score (nSPS) is 21.3. The molecular weight excluding hydrogens is 390 g/mol. The van der Waals surface area contributed by atoms with Crippen LogP contribution in [0.1, 0.15) is 19.3 Å². The molecule has 1 aromatic carbocycles. The fraction of sp³-hybridized carbons (Fsp3) is 0.500. The zero-order valence-corrected chi connectivity index (χ0v) is 17.2. The molecule has 1 atom stereocenters. The molecular formula is C20H27N5O3S. The molecule has 1 aromatic heterocycles. The summed E-state index contributed by atoms with van der Waals surface area (Å²) in [7, 11) is -3.47. The number of hydrogen-bond acceptors (Lipinski definition) is 7. The molecule has 0 aliphatic carbocycles. The van der Waals surface area contributed by atoms with Crippen molar-refractivity contribution < 1.29 is 13.5 Å². The Morgan fingerprint density at radius 2 is 1.69 bits per heavy atom. The third-order valence-electron chi connectivity index (χ3n) is 5.71. The molecule has 2 aliphatic heterocycles. The summed E-state index contributed by atoms with van der Waals surface area (Å²) in [4.78, 5) is 13.4. The summed E-state index contributed by atoms with van der Waals surface area (Å²) < 4.78 is 27.2. The fourth-order valence-electron chi connectivity index (χ4n) is 4.06. The van der Waals surface area contributed by atoms with Crippen molar-refractivity contribution in [3.8, 4) is 0 Å². The molecule has 0 radical (unpaired) electrons. The van der Waals surface area contributed by atoms with Crippen LogP contribution in [0.15, 0.2) is 47.6 Å². The molecule has 156 valence electrons. The highest BCUT2D eigenvalue weighted by Gasteiger charge is 2.29. The Morgan fingerprint density at radius 1 is 0.966 bits per heavy atom. The number of aliphatic hydroxyl groups excluding tert-OH is 1. The maximum Gasteiger partial charge on any atom is 0.243 e. The van der Waals surface area contributed by atoms with Crippen molar-refractivity contribution >= 4 is 21.7 Å². The molecule has 1 N–H and O–H groups in total. The number of piperidine rings is 1. The number of piperazine rings is 1. The Hall–Kier alpha value is -2.23. The number of sulfonamides is 1. The van der Waals surface area contributed by atoms with Crippen LogP contribution in [0.4, 0.5) is 11.6 Å². The van der Waals surface area contributed by atoms with Gasteiger partial charge in [0.15, 0.2) is 0 Å². The van der Waals surface area contributed by atoms with Gasteiger partial charge in [-0.15, -0.1) is 0 Å². The van der Waals surface area contributed by atoms with Gasteiger partial charge in [0.2, 0.25) is 10.0 Å². The molecule has 3 heterocycles. The van der Waals surface area contributed by atoms with Crippen molar-refractivity contribution in [2.45, 2.75) is 30.2 Å². The van der Waals surface area contributed by atoms with Crippen LogP contribution in [0, 0.1) is 0 Å². The maximum atomic E-state index is 12.8. The van der Waals surface area contributed by atoms with Gasteiger partial charge in [0.25, 0.3) is 0 Å². The third kappa shape index (κ3) is 4.22. The van der Waals surface area contributed by atoms with Crippen LogP contribution >= 0.6 is 0 Å². The SMILES string of the molecule is O=S(=O)(c1ccccc1)N1CCN(c2cc(N3CCCCC3CO)ncn2)CC1. The number of nitrogens with zero attached hydrogens (tertiary/aromatic N) is 5. The van der Waals surface area contributed by atoms with Gasteiger partial charge in [-0.1, -0.05) is 18.2 Å². The minimum Gasteiger partial charge on any atom is -0.394 e. The van der Waals surface area contributed by atoms with Crippen molar-refractivity contribution in [2.75, 3.05) is 49.1 Å². The topological polar surface area (TPSA) is 89.9 Å². The van der Waals surface area contributed by atoms with Crippen LogP contribution in [-0.2, 0) is 10.0 Å². The van der Waals surface area contributed by atoms with E-state index in [9.17, 15) is 13.5 Å². The van der Waals surface area contributed by atoms with E-state index in [2.05, 4.69) is 19.8 Å². The van der Waals surface area contributed by atoms with Gasteiger partial charge < -0.3 is 14.9 Å². The largest absolute Gasteiger partial charge is 0.394 e. The van der Waals surface area contributed by atoms with Crippen LogP contribution in [-0.4, -0.2) is 73.2 Å². The predicted molar refractivity (Wildman–Crippen MR) is 112 cm³/mol. The molecule has 8 nitrogen and oxygen atoms in total. The van der Waals surface area contributed by atoms with Gasteiger partial charge in [0.1, 0.15) is 18.0 Å². The Labute approximate surface area is 171 Å². The van der Waals surface area contributed by atoms with Gasteiger partial charge >= 0.3 is 0 Å². The second kappa shape index (κ2) is 8.64. The molecule has 2 saturated heterocycles. The summed E-state index contributed by atoms with van der Waals surface area (Å²) in [5.41, 5.74) is 0. The zero-order valence-electron chi connectivity index (χ0n) is 16.4. The van der Waals surface area contributed by atoms with Crippen LogP contribution in [0.3, 0.4) is 0 Å². The number of aliphatic hydroxyl groups is 1. The molecule has 0 saturated carbocycles. The highest BCUT2D eigenvalue weighted by molar-refractivity contribution is 7.89. The summed E-state index contributed by atoms with van der Waals surface area (Å²) in [6, 6.07) is 10.6. The van der Waals surface area contributed by atoms with Crippen molar-refractivity contribution in [3.63, 3.8) is 0 Å². The van der Waals surface area contributed by atoms with Crippen LogP contribution < -0.4 is 9.80 Å². The van der Waals surface area contributed by atoms with E-state index in [1.165, 1.54) is 4.31 Å². The first-order valence-corrected chi connectivity index (χ1v) is 11.5. The number of hydrogen-bond donors (Lipinski definition) is 1. The molecule has 0 bridgehead atoms. The van der Waals surface area contributed by atoms with Crippen LogP contribution in [0.25, 0.3) is 0 Å². The van der Waals surface area contributed by atoms with E-state index in [1.807, 2.05) is 12.1 Å². The number of anilines is 2. The third-order valence-corrected chi connectivity index (χ3v) is 7.63. The van der Waals surface area contributed by atoms with Gasteiger partial charge in [0, 0.05) is 38.8 Å². The Balaban J connectivity index is 1.45. The molecule has 0 amide bonds. The van der Waals surface area contributed by atoms with Gasteiger partial charge in [-0.05, 0) is 31.4 Å². The molecule has 2 aliphatic rings. The lowest BCUT2D eigenvalue weighted by Gasteiger charge is -2.37. The van der Waals surface area contributed by atoms with E-state index in [4.69, 9.17) is 0 Å². The first-order chi connectivity index (χ1) is 14.1. The van der Waals surface area contributed by atoms with Crippen molar-refractivity contribution in [2.24, 2.45) is 0 Å². The highest BCUT2D eigenvalue weighted by atomic mass is 32.2. The highest BCUT2D eigenvalue weighted by Crippen LogP contribution is 2.26. The summed E-state index contributed by atoms with van der Waals surface area (Å²) in [6.45, 7) is 2.98. The predicted octanol–water partition coefficient (Wildman–Crippen LogP) is 1.34. The van der Waals surface area contributed by atoms with E-state index in [0.717, 1.165) is 37.4 Å². The second-order valence-electron chi connectivity index (χ2n) is 7.46. The Kier molecular flexibility index (Phi) is 5.98. The molecule has 4 rings (SSSR count). The molecule has 1 unspecified atom stereocenters. The van der Waals surface area contributed by atoms with Gasteiger partial charge in [-0.25, -0.2) is 18.4 Å². The molecule has 2 fully saturated rings. The van der Waals surface area contributed by atoms with E-state index in [1.54, 1.807) is 30.6 Å². The first kappa shape index (κ1) is 20.1. The standard InChI is InChI=1S/C20H27N5O3S/c26-15-17-6-4-5-9-25(17)20-14-19(21-16-22-20)23-10-12-24(13-11-23)29(27,28)18-7-2-1-3-8-18/h1-3,7-8,14,16-17,26H,4-6,9-13,15H2. The monoisotopic (exact) mass is 417 g/mol. The van der Waals surface area contributed by atoms with Crippen molar-refractivity contribution in [1.82, 2.24) is 14.3 Å². The first-order valence-electron chi connectivity index (χ1n) is 10.1. The lowest BCUT2D eigenvalue weighted by atomic mass is 10.0. The number of benzene rings is 1.